The van der Waals surface area contributed by atoms with E-state index in [4.69, 9.17) is 4.74 Å². The standard InChI is InChI=1S/C19H32N4O2/c1-5-21-19(22-10-12-25-11-9-15(2)3)23-14-16-7-6-8-17(13-16)18(24)20-4/h6-8,13,15H,5,9-12,14H2,1-4H3,(H,20,24)(H2,21,22,23). The van der Waals surface area contributed by atoms with Crippen molar-refractivity contribution in [2.24, 2.45) is 10.9 Å². The SMILES string of the molecule is CCNC(=NCc1cccc(C(=O)NC)c1)NCCOCCC(C)C. The zero-order valence-corrected chi connectivity index (χ0v) is 15.9. The molecule has 0 aliphatic heterocycles. The van der Waals surface area contributed by atoms with E-state index in [0.717, 1.165) is 31.1 Å². The Labute approximate surface area is 151 Å². The third-order valence-electron chi connectivity index (χ3n) is 3.56. The summed E-state index contributed by atoms with van der Waals surface area (Å²) in [5.74, 6) is 1.33. The minimum absolute atomic E-state index is 0.0885. The highest BCUT2D eigenvalue weighted by molar-refractivity contribution is 5.94. The summed E-state index contributed by atoms with van der Waals surface area (Å²) in [5, 5.41) is 9.11. The van der Waals surface area contributed by atoms with Gasteiger partial charge >= 0.3 is 0 Å². The number of ether oxygens (including phenoxy) is 1. The van der Waals surface area contributed by atoms with E-state index < -0.39 is 0 Å². The Morgan fingerprint density at radius 1 is 1.24 bits per heavy atom. The van der Waals surface area contributed by atoms with Crippen LogP contribution in [-0.2, 0) is 11.3 Å². The first-order chi connectivity index (χ1) is 12.1. The molecule has 0 radical (unpaired) electrons. The highest BCUT2D eigenvalue weighted by Gasteiger charge is 2.04. The second-order valence-electron chi connectivity index (χ2n) is 6.20. The van der Waals surface area contributed by atoms with E-state index in [1.807, 2.05) is 25.1 Å². The molecule has 0 aliphatic carbocycles. The van der Waals surface area contributed by atoms with Gasteiger partial charge in [-0.3, -0.25) is 4.79 Å². The number of amides is 1. The van der Waals surface area contributed by atoms with Crippen LogP contribution in [0.15, 0.2) is 29.3 Å². The predicted octanol–water partition coefficient (Wildman–Crippen LogP) is 2.16. The van der Waals surface area contributed by atoms with Crippen molar-refractivity contribution < 1.29 is 9.53 Å². The second kappa shape index (κ2) is 12.3. The maximum absolute atomic E-state index is 11.7. The first-order valence-electron chi connectivity index (χ1n) is 8.97. The molecule has 0 saturated heterocycles. The fourth-order valence-electron chi connectivity index (χ4n) is 2.13. The van der Waals surface area contributed by atoms with Crippen molar-refractivity contribution in [3.8, 4) is 0 Å². The molecule has 1 aromatic rings. The van der Waals surface area contributed by atoms with Crippen LogP contribution in [0.4, 0.5) is 0 Å². The van der Waals surface area contributed by atoms with Gasteiger partial charge in [-0.05, 0) is 37.0 Å². The Balaban J connectivity index is 2.48. The number of nitrogens with one attached hydrogen (secondary N) is 3. The normalized spacial score (nSPS) is 11.5. The minimum atomic E-state index is -0.0885. The number of carbonyl (C=O) groups excluding carboxylic acids is 1. The van der Waals surface area contributed by atoms with E-state index in [2.05, 4.69) is 34.8 Å². The third-order valence-corrected chi connectivity index (χ3v) is 3.56. The van der Waals surface area contributed by atoms with Crippen LogP contribution in [-0.4, -0.2) is 45.2 Å². The number of nitrogens with zero attached hydrogens (tertiary/aromatic N) is 1. The summed E-state index contributed by atoms with van der Waals surface area (Å²) in [6.07, 6.45) is 1.08. The molecule has 3 N–H and O–H groups in total. The van der Waals surface area contributed by atoms with Crippen LogP contribution in [0.25, 0.3) is 0 Å². The van der Waals surface area contributed by atoms with Crippen LogP contribution in [0, 0.1) is 5.92 Å². The summed E-state index contributed by atoms with van der Waals surface area (Å²) >= 11 is 0. The van der Waals surface area contributed by atoms with Crippen molar-refractivity contribution >= 4 is 11.9 Å². The number of benzene rings is 1. The summed E-state index contributed by atoms with van der Waals surface area (Å²) in [6, 6.07) is 7.50. The maximum atomic E-state index is 11.7. The Morgan fingerprint density at radius 2 is 2.04 bits per heavy atom. The van der Waals surface area contributed by atoms with E-state index >= 15 is 0 Å². The van der Waals surface area contributed by atoms with Gasteiger partial charge in [0, 0.05) is 32.3 Å². The lowest BCUT2D eigenvalue weighted by molar-refractivity contribution is 0.0963. The van der Waals surface area contributed by atoms with Gasteiger partial charge in [-0.2, -0.15) is 0 Å². The van der Waals surface area contributed by atoms with E-state index in [9.17, 15) is 4.79 Å². The molecule has 0 atom stereocenters. The Morgan fingerprint density at radius 3 is 2.72 bits per heavy atom. The fraction of sp³-hybridized carbons (Fsp3) is 0.579. The third kappa shape index (κ3) is 9.10. The number of aliphatic imine (C=N–C) groups is 1. The first kappa shape index (κ1) is 21.0. The van der Waals surface area contributed by atoms with Crippen molar-refractivity contribution in [3.05, 3.63) is 35.4 Å². The average Bonchev–Trinajstić information content (AvgIpc) is 2.61. The smallest absolute Gasteiger partial charge is 0.251 e. The molecule has 1 rings (SSSR count). The van der Waals surface area contributed by atoms with E-state index in [-0.39, 0.29) is 5.91 Å². The van der Waals surface area contributed by atoms with Crippen LogP contribution in [0.5, 0.6) is 0 Å². The highest BCUT2D eigenvalue weighted by atomic mass is 16.5. The molecule has 6 nitrogen and oxygen atoms in total. The summed E-state index contributed by atoms with van der Waals surface area (Å²) < 4.78 is 5.60. The largest absolute Gasteiger partial charge is 0.380 e. The second-order valence-corrected chi connectivity index (χ2v) is 6.20. The van der Waals surface area contributed by atoms with Crippen molar-refractivity contribution in [1.29, 1.82) is 0 Å². The molecule has 1 amide bonds. The summed E-state index contributed by atoms with van der Waals surface area (Å²) in [6.45, 7) is 9.87. The number of guanidine groups is 1. The molecular formula is C19H32N4O2. The fourth-order valence-corrected chi connectivity index (χ4v) is 2.13. The molecule has 0 aromatic heterocycles. The first-order valence-corrected chi connectivity index (χ1v) is 8.97. The number of hydrogen-bond donors (Lipinski definition) is 3. The van der Waals surface area contributed by atoms with Gasteiger partial charge in [-0.25, -0.2) is 4.99 Å². The van der Waals surface area contributed by atoms with Gasteiger partial charge in [0.15, 0.2) is 5.96 Å². The summed E-state index contributed by atoms with van der Waals surface area (Å²) in [4.78, 5) is 16.3. The molecule has 0 fully saturated rings. The summed E-state index contributed by atoms with van der Waals surface area (Å²) in [5.41, 5.74) is 1.64. The monoisotopic (exact) mass is 348 g/mol. The highest BCUT2D eigenvalue weighted by Crippen LogP contribution is 2.06. The molecule has 0 spiro atoms. The van der Waals surface area contributed by atoms with Gasteiger partial charge in [0.25, 0.3) is 5.91 Å². The van der Waals surface area contributed by atoms with Crippen LogP contribution in [0.2, 0.25) is 0 Å². The van der Waals surface area contributed by atoms with Crippen LogP contribution >= 0.6 is 0 Å². The lowest BCUT2D eigenvalue weighted by atomic mass is 10.1. The van der Waals surface area contributed by atoms with Gasteiger partial charge < -0.3 is 20.7 Å². The van der Waals surface area contributed by atoms with Crippen molar-refractivity contribution in [2.45, 2.75) is 33.7 Å². The molecular weight excluding hydrogens is 316 g/mol. The lowest BCUT2D eigenvalue weighted by Gasteiger charge is -2.12. The van der Waals surface area contributed by atoms with Gasteiger partial charge in [-0.15, -0.1) is 0 Å². The molecule has 140 valence electrons. The molecule has 6 heteroatoms. The quantitative estimate of drug-likeness (QED) is 0.344. The molecule has 1 aromatic carbocycles. The molecule has 0 saturated carbocycles. The Bertz CT molecular complexity index is 544. The van der Waals surface area contributed by atoms with Crippen molar-refractivity contribution in [1.82, 2.24) is 16.0 Å². The van der Waals surface area contributed by atoms with E-state index in [1.165, 1.54) is 0 Å². The van der Waals surface area contributed by atoms with Gasteiger partial charge in [0.05, 0.1) is 13.2 Å². The average molecular weight is 348 g/mol. The molecule has 0 bridgehead atoms. The predicted molar refractivity (Wildman–Crippen MR) is 103 cm³/mol. The van der Waals surface area contributed by atoms with Gasteiger partial charge in [-0.1, -0.05) is 26.0 Å². The van der Waals surface area contributed by atoms with Crippen molar-refractivity contribution in [2.75, 3.05) is 33.4 Å². The Kier molecular flexibility index (Phi) is 10.3. The molecule has 0 heterocycles. The molecule has 0 aliphatic rings. The zero-order valence-electron chi connectivity index (χ0n) is 15.9. The van der Waals surface area contributed by atoms with Crippen molar-refractivity contribution in [3.63, 3.8) is 0 Å². The topological polar surface area (TPSA) is 74.8 Å². The lowest BCUT2D eigenvalue weighted by Crippen LogP contribution is -2.39. The summed E-state index contributed by atoms with van der Waals surface area (Å²) in [7, 11) is 1.63. The van der Waals surface area contributed by atoms with Gasteiger partial charge in [0.1, 0.15) is 0 Å². The number of carbonyl (C=O) groups is 1. The minimum Gasteiger partial charge on any atom is -0.380 e. The van der Waals surface area contributed by atoms with Crippen LogP contribution < -0.4 is 16.0 Å². The zero-order chi connectivity index (χ0) is 18.5. The molecule has 0 unspecified atom stereocenters. The van der Waals surface area contributed by atoms with Gasteiger partial charge in [0.2, 0.25) is 0 Å². The number of hydrogen-bond acceptors (Lipinski definition) is 3. The maximum Gasteiger partial charge on any atom is 0.251 e. The number of rotatable bonds is 10. The molecule has 25 heavy (non-hydrogen) atoms. The van der Waals surface area contributed by atoms with E-state index in [0.29, 0.717) is 31.2 Å². The van der Waals surface area contributed by atoms with Crippen LogP contribution in [0.3, 0.4) is 0 Å². The van der Waals surface area contributed by atoms with E-state index in [1.54, 1.807) is 13.1 Å². The van der Waals surface area contributed by atoms with Crippen LogP contribution in [0.1, 0.15) is 43.1 Å². The Hall–Kier alpha value is -2.08.